The van der Waals surface area contributed by atoms with Gasteiger partial charge in [-0.1, -0.05) is 18.2 Å². The van der Waals surface area contributed by atoms with E-state index in [9.17, 15) is 9.59 Å². The summed E-state index contributed by atoms with van der Waals surface area (Å²) < 4.78 is 5.51. The van der Waals surface area contributed by atoms with E-state index in [4.69, 9.17) is 4.74 Å². The highest BCUT2D eigenvalue weighted by Crippen LogP contribution is 2.32. The van der Waals surface area contributed by atoms with Crippen molar-refractivity contribution in [2.45, 2.75) is 38.6 Å². The fourth-order valence-electron chi connectivity index (χ4n) is 3.20. The molecule has 2 fully saturated rings. The van der Waals surface area contributed by atoms with E-state index >= 15 is 0 Å². The minimum Gasteiger partial charge on any atom is -0.484 e. The number of hydrogen-bond donors (Lipinski definition) is 1. The summed E-state index contributed by atoms with van der Waals surface area (Å²) in [6.45, 7) is 3.41. The first kappa shape index (κ1) is 16.8. The van der Waals surface area contributed by atoms with Gasteiger partial charge in [-0.05, 0) is 50.7 Å². The van der Waals surface area contributed by atoms with Crippen molar-refractivity contribution in [3.8, 4) is 5.75 Å². The van der Waals surface area contributed by atoms with Crippen LogP contribution in [-0.4, -0.2) is 42.5 Å². The summed E-state index contributed by atoms with van der Waals surface area (Å²) in [6.07, 6.45) is 3.94. The van der Waals surface area contributed by atoms with Crippen molar-refractivity contribution in [2.75, 3.05) is 19.7 Å². The smallest absolute Gasteiger partial charge is 0.260 e. The van der Waals surface area contributed by atoms with Crippen LogP contribution in [0.5, 0.6) is 5.75 Å². The van der Waals surface area contributed by atoms with Crippen molar-refractivity contribution < 1.29 is 14.3 Å². The summed E-state index contributed by atoms with van der Waals surface area (Å²) >= 11 is 0. The number of likely N-dealkylation sites (tertiary alicyclic amines) is 1. The first-order chi connectivity index (χ1) is 11.6. The van der Waals surface area contributed by atoms with Gasteiger partial charge in [0, 0.05) is 25.0 Å². The molecule has 1 aliphatic heterocycles. The molecule has 0 radical (unpaired) electrons. The number of amides is 2. The minimum absolute atomic E-state index is 0.0101. The summed E-state index contributed by atoms with van der Waals surface area (Å²) in [5.74, 6) is 1.55. The van der Waals surface area contributed by atoms with Gasteiger partial charge in [0.25, 0.3) is 5.91 Å². The molecular formula is C19H26N2O3. The average Bonchev–Trinajstić information content (AvgIpc) is 3.46. The summed E-state index contributed by atoms with van der Waals surface area (Å²) in [4.78, 5) is 26.3. The second-order valence-corrected chi connectivity index (χ2v) is 6.89. The van der Waals surface area contributed by atoms with Crippen molar-refractivity contribution in [1.29, 1.82) is 0 Å². The highest BCUT2D eigenvalue weighted by molar-refractivity contribution is 5.80. The molecule has 1 aromatic carbocycles. The van der Waals surface area contributed by atoms with Crippen LogP contribution in [0.15, 0.2) is 30.3 Å². The lowest BCUT2D eigenvalue weighted by molar-refractivity contribution is -0.137. The molecule has 2 amide bonds. The third kappa shape index (κ3) is 4.49. The number of hydrogen-bond acceptors (Lipinski definition) is 3. The van der Waals surface area contributed by atoms with E-state index < -0.39 is 0 Å². The number of para-hydroxylation sites is 1. The SMILES string of the molecule is CC(NC(=O)C1CCN(C(=O)COc2ccccc2)CC1)C1CC1. The molecule has 0 aromatic heterocycles. The van der Waals surface area contributed by atoms with Crippen molar-refractivity contribution in [3.05, 3.63) is 30.3 Å². The van der Waals surface area contributed by atoms with E-state index in [2.05, 4.69) is 12.2 Å². The van der Waals surface area contributed by atoms with Gasteiger partial charge in [0.1, 0.15) is 5.75 Å². The van der Waals surface area contributed by atoms with Crippen LogP contribution in [0, 0.1) is 11.8 Å². The van der Waals surface area contributed by atoms with E-state index in [1.807, 2.05) is 30.3 Å². The molecule has 24 heavy (non-hydrogen) atoms. The Morgan fingerprint density at radius 3 is 2.46 bits per heavy atom. The standard InChI is InChI=1S/C19H26N2O3/c1-14(15-7-8-15)20-19(23)16-9-11-21(12-10-16)18(22)13-24-17-5-3-2-4-6-17/h2-6,14-16H,7-13H2,1H3,(H,20,23). The quantitative estimate of drug-likeness (QED) is 0.870. The van der Waals surface area contributed by atoms with Gasteiger partial charge >= 0.3 is 0 Å². The molecule has 1 atom stereocenters. The highest BCUT2D eigenvalue weighted by atomic mass is 16.5. The van der Waals surface area contributed by atoms with E-state index in [0.29, 0.717) is 24.8 Å². The molecule has 1 saturated carbocycles. The van der Waals surface area contributed by atoms with Crippen LogP contribution in [0.25, 0.3) is 0 Å². The van der Waals surface area contributed by atoms with Crippen molar-refractivity contribution in [2.24, 2.45) is 11.8 Å². The number of nitrogens with zero attached hydrogens (tertiary/aromatic N) is 1. The van der Waals surface area contributed by atoms with Crippen molar-refractivity contribution in [3.63, 3.8) is 0 Å². The Kier molecular flexibility index (Phi) is 5.38. The first-order valence-corrected chi connectivity index (χ1v) is 8.89. The third-order valence-electron chi connectivity index (χ3n) is 5.02. The second-order valence-electron chi connectivity index (χ2n) is 6.89. The third-order valence-corrected chi connectivity index (χ3v) is 5.02. The highest BCUT2D eigenvalue weighted by Gasteiger charge is 2.32. The maximum Gasteiger partial charge on any atom is 0.260 e. The summed E-state index contributed by atoms with van der Waals surface area (Å²) in [6, 6.07) is 9.64. The lowest BCUT2D eigenvalue weighted by Gasteiger charge is -2.32. The van der Waals surface area contributed by atoms with Crippen LogP contribution >= 0.6 is 0 Å². The first-order valence-electron chi connectivity index (χ1n) is 8.89. The molecule has 1 unspecified atom stereocenters. The molecule has 0 bridgehead atoms. The second kappa shape index (κ2) is 7.69. The molecule has 3 rings (SSSR count). The van der Waals surface area contributed by atoms with Crippen molar-refractivity contribution in [1.82, 2.24) is 10.2 Å². The van der Waals surface area contributed by atoms with E-state index in [0.717, 1.165) is 12.8 Å². The molecule has 1 heterocycles. The Morgan fingerprint density at radius 2 is 1.83 bits per heavy atom. The van der Waals surface area contributed by atoms with Gasteiger partial charge in [0.2, 0.25) is 5.91 Å². The van der Waals surface area contributed by atoms with Gasteiger partial charge in [-0.2, -0.15) is 0 Å². The Morgan fingerprint density at radius 1 is 1.17 bits per heavy atom. The zero-order valence-corrected chi connectivity index (χ0v) is 14.2. The van der Waals surface area contributed by atoms with Gasteiger partial charge in [-0.15, -0.1) is 0 Å². The van der Waals surface area contributed by atoms with Gasteiger partial charge in [-0.25, -0.2) is 0 Å². The largest absolute Gasteiger partial charge is 0.484 e. The summed E-state index contributed by atoms with van der Waals surface area (Å²) in [5.41, 5.74) is 0. The Hall–Kier alpha value is -2.04. The van der Waals surface area contributed by atoms with Crippen LogP contribution in [0.4, 0.5) is 0 Å². The zero-order valence-electron chi connectivity index (χ0n) is 14.2. The van der Waals surface area contributed by atoms with E-state index in [1.54, 1.807) is 4.90 Å². The monoisotopic (exact) mass is 330 g/mol. The zero-order chi connectivity index (χ0) is 16.9. The van der Waals surface area contributed by atoms with Gasteiger partial charge in [0.05, 0.1) is 0 Å². The van der Waals surface area contributed by atoms with E-state index in [-0.39, 0.29) is 30.4 Å². The number of benzene rings is 1. The predicted molar refractivity (Wildman–Crippen MR) is 91.6 cm³/mol. The van der Waals surface area contributed by atoms with Crippen molar-refractivity contribution >= 4 is 11.8 Å². The Labute approximate surface area is 143 Å². The number of rotatable bonds is 6. The molecular weight excluding hydrogens is 304 g/mol. The van der Waals surface area contributed by atoms with Gasteiger partial charge in [-0.3, -0.25) is 9.59 Å². The number of ether oxygens (including phenoxy) is 1. The molecule has 130 valence electrons. The Bertz CT molecular complexity index is 563. The van der Waals surface area contributed by atoms with Crippen LogP contribution in [0.2, 0.25) is 0 Å². The fourth-order valence-corrected chi connectivity index (χ4v) is 3.20. The molecule has 1 N–H and O–H groups in total. The fraction of sp³-hybridized carbons (Fsp3) is 0.579. The van der Waals surface area contributed by atoms with Gasteiger partial charge < -0.3 is 15.0 Å². The molecule has 1 saturated heterocycles. The number of carbonyl (C=O) groups excluding carboxylic acids is 2. The molecule has 0 spiro atoms. The minimum atomic E-state index is -0.0101. The molecule has 2 aliphatic rings. The Balaban J connectivity index is 1.39. The van der Waals surface area contributed by atoms with E-state index in [1.165, 1.54) is 12.8 Å². The summed E-state index contributed by atoms with van der Waals surface area (Å²) in [7, 11) is 0. The molecule has 5 heteroatoms. The summed E-state index contributed by atoms with van der Waals surface area (Å²) in [5, 5.41) is 3.14. The van der Waals surface area contributed by atoms with Crippen LogP contribution < -0.4 is 10.1 Å². The van der Waals surface area contributed by atoms with Crippen LogP contribution in [-0.2, 0) is 9.59 Å². The number of carbonyl (C=O) groups is 2. The van der Waals surface area contributed by atoms with Crippen LogP contribution in [0.1, 0.15) is 32.6 Å². The molecule has 1 aromatic rings. The predicted octanol–water partition coefficient (Wildman–Crippen LogP) is 2.22. The lowest BCUT2D eigenvalue weighted by atomic mass is 9.95. The number of nitrogens with one attached hydrogen (secondary N) is 1. The molecule has 5 nitrogen and oxygen atoms in total. The lowest BCUT2D eigenvalue weighted by Crippen LogP contribution is -2.46. The topological polar surface area (TPSA) is 58.6 Å². The maximum atomic E-state index is 12.3. The maximum absolute atomic E-state index is 12.3. The molecule has 1 aliphatic carbocycles. The average molecular weight is 330 g/mol. The van der Waals surface area contributed by atoms with Gasteiger partial charge in [0.15, 0.2) is 6.61 Å². The number of piperidine rings is 1. The van der Waals surface area contributed by atoms with Crippen LogP contribution in [0.3, 0.4) is 0 Å². The normalized spacial score (nSPS) is 19.6.